The molecule has 2 aromatic rings. The molecule has 0 aliphatic rings. The lowest BCUT2D eigenvalue weighted by molar-refractivity contribution is 0.607. The lowest BCUT2D eigenvalue weighted by Crippen LogP contribution is -2.03. The first kappa shape index (κ1) is 19.8. The standard InChI is InChI=1S/C14H10Cl4O4S2/c1-7-3-9(15)5-11(23(17,19)20)13(7)14-8(2)4-10(16)6-12(14)24(18,21)22/h3-6H,1-2H3. The van der Waals surface area contributed by atoms with Gasteiger partial charge < -0.3 is 0 Å². The van der Waals surface area contributed by atoms with Crippen molar-refractivity contribution in [3.05, 3.63) is 45.4 Å². The van der Waals surface area contributed by atoms with Crippen molar-refractivity contribution in [2.24, 2.45) is 0 Å². The molecule has 0 N–H and O–H groups in total. The molecular formula is C14H10Cl4O4S2. The van der Waals surface area contributed by atoms with E-state index in [0.717, 1.165) is 12.1 Å². The molecule has 0 atom stereocenters. The molecule has 0 saturated heterocycles. The second kappa shape index (κ2) is 6.67. The first-order chi connectivity index (χ1) is 10.8. The molecule has 0 aromatic heterocycles. The Labute approximate surface area is 159 Å². The Kier molecular flexibility index (Phi) is 5.50. The molecule has 0 fully saturated rings. The first-order valence-corrected chi connectivity index (χ1v) is 11.7. The van der Waals surface area contributed by atoms with Crippen molar-refractivity contribution in [2.75, 3.05) is 0 Å². The van der Waals surface area contributed by atoms with Crippen molar-refractivity contribution >= 4 is 62.7 Å². The monoisotopic (exact) mass is 446 g/mol. The van der Waals surface area contributed by atoms with Crippen molar-refractivity contribution in [3.8, 4) is 11.1 Å². The summed E-state index contributed by atoms with van der Waals surface area (Å²) in [4.78, 5) is -0.609. The Morgan fingerprint density at radius 1 is 0.667 bits per heavy atom. The predicted octanol–water partition coefficient (Wildman–Crippen LogP) is 5.13. The summed E-state index contributed by atoms with van der Waals surface area (Å²) in [5.41, 5.74) is 1.08. The third kappa shape index (κ3) is 4.00. The molecule has 2 aromatic carbocycles. The lowest BCUT2D eigenvalue weighted by Gasteiger charge is -2.17. The van der Waals surface area contributed by atoms with E-state index in [-0.39, 0.29) is 31.0 Å². The Bertz CT molecular complexity index is 959. The molecule has 0 aliphatic carbocycles. The summed E-state index contributed by atoms with van der Waals surface area (Å²) < 4.78 is 47.9. The van der Waals surface area contributed by atoms with Crippen molar-refractivity contribution in [2.45, 2.75) is 23.6 Å². The van der Waals surface area contributed by atoms with Crippen LogP contribution in [0, 0.1) is 13.8 Å². The van der Waals surface area contributed by atoms with Crippen LogP contribution in [0.4, 0.5) is 0 Å². The van der Waals surface area contributed by atoms with Gasteiger partial charge in [0, 0.05) is 42.5 Å². The average Bonchev–Trinajstić information content (AvgIpc) is 2.36. The molecular weight excluding hydrogens is 438 g/mol. The van der Waals surface area contributed by atoms with Crippen molar-refractivity contribution in [3.63, 3.8) is 0 Å². The molecule has 0 aliphatic heterocycles. The molecule has 4 nitrogen and oxygen atoms in total. The Balaban J connectivity index is 3.10. The number of aryl methyl sites for hydroxylation is 2. The van der Waals surface area contributed by atoms with Gasteiger partial charge in [0.1, 0.15) is 0 Å². The zero-order valence-electron chi connectivity index (χ0n) is 12.3. The second-order valence-corrected chi connectivity index (χ2v) is 11.0. The number of benzene rings is 2. The highest BCUT2D eigenvalue weighted by molar-refractivity contribution is 8.14. The van der Waals surface area contributed by atoms with Crippen LogP contribution >= 0.6 is 44.6 Å². The van der Waals surface area contributed by atoms with Gasteiger partial charge in [-0.25, -0.2) is 16.8 Å². The predicted molar refractivity (Wildman–Crippen MR) is 97.4 cm³/mol. The molecule has 0 heterocycles. The van der Waals surface area contributed by atoms with Crippen LogP contribution in [-0.4, -0.2) is 16.8 Å². The van der Waals surface area contributed by atoms with Crippen LogP contribution in [0.3, 0.4) is 0 Å². The van der Waals surface area contributed by atoms with Crippen LogP contribution in [0.1, 0.15) is 11.1 Å². The van der Waals surface area contributed by atoms with Gasteiger partial charge >= 0.3 is 0 Å². The number of hydrogen-bond donors (Lipinski definition) is 0. The van der Waals surface area contributed by atoms with E-state index in [4.69, 9.17) is 44.6 Å². The van der Waals surface area contributed by atoms with E-state index in [1.807, 2.05) is 0 Å². The minimum atomic E-state index is -4.20. The van der Waals surface area contributed by atoms with E-state index in [2.05, 4.69) is 0 Å². The van der Waals surface area contributed by atoms with Crippen LogP contribution in [0.5, 0.6) is 0 Å². The largest absolute Gasteiger partial charge is 0.261 e. The highest BCUT2D eigenvalue weighted by atomic mass is 35.7. The van der Waals surface area contributed by atoms with Crippen molar-refractivity contribution in [1.82, 2.24) is 0 Å². The van der Waals surface area contributed by atoms with Gasteiger partial charge in [0.2, 0.25) is 0 Å². The molecule has 0 amide bonds. The van der Waals surface area contributed by atoms with Gasteiger partial charge in [-0.2, -0.15) is 0 Å². The highest BCUT2D eigenvalue weighted by Crippen LogP contribution is 2.41. The summed E-state index contributed by atoms with van der Waals surface area (Å²) in [6.45, 7) is 3.18. The van der Waals surface area contributed by atoms with Crippen LogP contribution in [-0.2, 0) is 18.1 Å². The maximum atomic E-state index is 12.0. The van der Waals surface area contributed by atoms with Crippen LogP contribution in [0.2, 0.25) is 10.0 Å². The van der Waals surface area contributed by atoms with Gasteiger partial charge in [0.05, 0.1) is 9.79 Å². The normalized spacial score (nSPS) is 12.4. The molecule has 24 heavy (non-hydrogen) atoms. The molecule has 0 unspecified atom stereocenters. The van der Waals surface area contributed by atoms with Crippen molar-refractivity contribution in [1.29, 1.82) is 0 Å². The SMILES string of the molecule is Cc1cc(Cl)cc(S(=O)(=O)Cl)c1-c1c(C)cc(Cl)cc1S(=O)(=O)Cl. The molecule has 0 bridgehead atoms. The van der Waals surface area contributed by atoms with Gasteiger partial charge in [-0.15, -0.1) is 0 Å². The number of halogens is 4. The zero-order valence-corrected chi connectivity index (χ0v) is 16.9. The number of rotatable bonds is 3. The Morgan fingerprint density at radius 2 is 0.958 bits per heavy atom. The van der Waals surface area contributed by atoms with E-state index >= 15 is 0 Å². The Hall–Kier alpha value is -0.500. The summed E-state index contributed by atoms with van der Waals surface area (Å²) in [6.07, 6.45) is 0. The minimum absolute atomic E-state index is 0.114. The summed E-state index contributed by atoms with van der Waals surface area (Å²) in [5.74, 6) is 0. The van der Waals surface area contributed by atoms with E-state index in [0.29, 0.717) is 11.1 Å². The van der Waals surface area contributed by atoms with E-state index < -0.39 is 18.1 Å². The van der Waals surface area contributed by atoms with E-state index in [1.165, 1.54) is 12.1 Å². The van der Waals surface area contributed by atoms with Crippen LogP contribution in [0.25, 0.3) is 11.1 Å². The van der Waals surface area contributed by atoms with Gasteiger partial charge in [0.25, 0.3) is 18.1 Å². The van der Waals surface area contributed by atoms with Gasteiger partial charge in [-0.1, -0.05) is 23.2 Å². The zero-order chi connectivity index (χ0) is 18.4. The molecule has 2 rings (SSSR count). The maximum absolute atomic E-state index is 12.0. The summed E-state index contributed by atoms with van der Waals surface area (Å²) >= 11 is 11.8. The van der Waals surface area contributed by atoms with E-state index in [1.54, 1.807) is 13.8 Å². The van der Waals surface area contributed by atoms with Gasteiger partial charge in [-0.05, 0) is 49.2 Å². The smallest absolute Gasteiger partial charge is 0.207 e. The summed E-state index contributed by atoms with van der Waals surface area (Å²) in [7, 11) is 2.63. The van der Waals surface area contributed by atoms with Crippen LogP contribution in [0.15, 0.2) is 34.1 Å². The highest BCUT2D eigenvalue weighted by Gasteiger charge is 2.27. The second-order valence-electron chi connectivity index (χ2n) is 5.07. The fourth-order valence-corrected chi connectivity index (χ4v) is 5.40. The third-order valence-electron chi connectivity index (χ3n) is 3.30. The molecule has 0 spiro atoms. The maximum Gasteiger partial charge on any atom is 0.261 e. The quantitative estimate of drug-likeness (QED) is 0.611. The van der Waals surface area contributed by atoms with Gasteiger partial charge in [-0.3, -0.25) is 0 Å². The lowest BCUT2D eigenvalue weighted by atomic mass is 9.96. The molecule has 10 heteroatoms. The Morgan fingerprint density at radius 3 is 1.21 bits per heavy atom. The first-order valence-electron chi connectivity index (χ1n) is 6.32. The minimum Gasteiger partial charge on any atom is -0.207 e. The average molecular weight is 448 g/mol. The summed E-state index contributed by atoms with van der Waals surface area (Å²) in [5, 5.41) is 0.301. The topological polar surface area (TPSA) is 68.3 Å². The summed E-state index contributed by atoms with van der Waals surface area (Å²) in [6, 6.07) is 5.32. The molecule has 0 saturated carbocycles. The number of hydrogen-bond acceptors (Lipinski definition) is 4. The molecule has 130 valence electrons. The fraction of sp³-hybridized carbons (Fsp3) is 0.143. The van der Waals surface area contributed by atoms with E-state index in [9.17, 15) is 16.8 Å². The third-order valence-corrected chi connectivity index (χ3v) is 6.43. The fourth-order valence-electron chi connectivity index (χ4n) is 2.45. The van der Waals surface area contributed by atoms with Crippen LogP contribution < -0.4 is 0 Å². The van der Waals surface area contributed by atoms with Crippen molar-refractivity contribution < 1.29 is 16.8 Å². The molecule has 0 radical (unpaired) electrons. The van der Waals surface area contributed by atoms with Gasteiger partial charge in [0.15, 0.2) is 0 Å².